The maximum absolute atomic E-state index is 13.8. The van der Waals surface area contributed by atoms with Crippen LogP contribution in [0.3, 0.4) is 0 Å². The van der Waals surface area contributed by atoms with Gasteiger partial charge in [0.05, 0.1) is 18.0 Å². The van der Waals surface area contributed by atoms with Crippen LogP contribution >= 0.6 is 11.6 Å². The van der Waals surface area contributed by atoms with Crippen LogP contribution in [0.15, 0.2) is 36.7 Å². The van der Waals surface area contributed by atoms with Gasteiger partial charge in [0, 0.05) is 11.1 Å². The molecule has 0 spiro atoms. The van der Waals surface area contributed by atoms with E-state index >= 15 is 0 Å². The smallest absolute Gasteiger partial charge is 0.490 e. The quantitative estimate of drug-likeness (QED) is 0.582. The van der Waals surface area contributed by atoms with E-state index < -0.39 is 18.0 Å². The van der Waals surface area contributed by atoms with Crippen molar-refractivity contribution in [3.8, 4) is 23.1 Å². The Balaban J connectivity index is 0.000000370. The molecule has 29 heavy (non-hydrogen) atoms. The van der Waals surface area contributed by atoms with Crippen molar-refractivity contribution in [3.05, 3.63) is 47.5 Å². The van der Waals surface area contributed by atoms with Crippen molar-refractivity contribution in [2.45, 2.75) is 6.18 Å². The second kappa shape index (κ2) is 8.78. The molecular weight excluding hydrogens is 424 g/mol. The highest BCUT2D eigenvalue weighted by atomic mass is 35.5. The van der Waals surface area contributed by atoms with E-state index in [2.05, 4.69) is 9.97 Å². The van der Waals surface area contributed by atoms with E-state index in [1.807, 2.05) is 0 Å². The van der Waals surface area contributed by atoms with Gasteiger partial charge in [-0.25, -0.2) is 19.2 Å². The third kappa shape index (κ3) is 5.57. The number of phenolic OH excluding ortho intramolecular Hbond substituents is 1. The van der Waals surface area contributed by atoms with Crippen LogP contribution in [0.4, 0.5) is 17.6 Å². The third-order valence-electron chi connectivity index (χ3n) is 3.24. The monoisotopic (exact) mass is 434 g/mol. The zero-order valence-electron chi connectivity index (χ0n) is 14.4. The van der Waals surface area contributed by atoms with Gasteiger partial charge < -0.3 is 19.7 Å². The molecule has 0 bridgehead atoms. The lowest BCUT2D eigenvalue weighted by molar-refractivity contribution is -0.192. The van der Waals surface area contributed by atoms with Crippen molar-refractivity contribution in [2.24, 2.45) is 0 Å². The standard InChI is InChI=1S/C15H10ClFN2O3.C2HF3O2/c1-21-14-5-9-11(6-12(14)20)18-7-19-15(9)22-13-3-2-8(16)4-10(13)17;3-2(4,5)1(6)7/h2-7,20H,1H3;(H,6,7). The number of hydrogen-bond donors (Lipinski definition) is 2. The number of aliphatic carboxylic acids is 1. The summed E-state index contributed by atoms with van der Waals surface area (Å²) in [5, 5.41) is 17.6. The number of phenols is 1. The molecule has 154 valence electrons. The Morgan fingerprint density at radius 3 is 2.34 bits per heavy atom. The van der Waals surface area contributed by atoms with Crippen molar-refractivity contribution in [1.29, 1.82) is 0 Å². The lowest BCUT2D eigenvalue weighted by Gasteiger charge is -2.10. The summed E-state index contributed by atoms with van der Waals surface area (Å²) in [7, 11) is 1.42. The van der Waals surface area contributed by atoms with Crippen molar-refractivity contribution in [3.63, 3.8) is 0 Å². The summed E-state index contributed by atoms with van der Waals surface area (Å²) >= 11 is 5.71. The van der Waals surface area contributed by atoms with Gasteiger partial charge in [-0.3, -0.25) is 0 Å². The Kier molecular flexibility index (Phi) is 6.64. The molecule has 1 heterocycles. The number of nitrogens with zero attached hydrogens (tertiary/aromatic N) is 2. The molecule has 0 radical (unpaired) electrons. The molecule has 0 saturated heterocycles. The third-order valence-corrected chi connectivity index (χ3v) is 3.48. The van der Waals surface area contributed by atoms with Gasteiger partial charge in [0.15, 0.2) is 23.1 Å². The minimum atomic E-state index is -5.08. The Morgan fingerprint density at radius 2 is 1.79 bits per heavy atom. The van der Waals surface area contributed by atoms with Crippen LogP contribution in [-0.4, -0.2) is 39.4 Å². The zero-order valence-corrected chi connectivity index (χ0v) is 15.1. The number of rotatable bonds is 3. The molecule has 1 aromatic heterocycles. The molecule has 0 aliphatic rings. The Labute approximate surface area is 165 Å². The first-order chi connectivity index (χ1) is 13.5. The lowest BCUT2D eigenvalue weighted by atomic mass is 10.2. The molecule has 7 nitrogen and oxygen atoms in total. The number of carboxylic acid groups (broad SMARTS) is 1. The Hall–Kier alpha value is -3.34. The second-order valence-corrected chi connectivity index (χ2v) is 5.64. The highest BCUT2D eigenvalue weighted by Gasteiger charge is 2.38. The molecule has 2 N–H and O–H groups in total. The molecule has 0 fully saturated rings. The number of halogens is 5. The van der Waals surface area contributed by atoms with Crippen LogP contribution in [0.1, 0.15) is 0 Å². The number of methoxy groups -OCH3 is 1. The van der Waals surface area contributed by atoms with Crippen LogP contribution in [-0.2, 0) is 4.79 Å². The maximum atomic E-state index is 13.8. The van der Waals surface area contributed by atoms with Crippen LogP contribution in [0.25, 0.3) is 10.9 Å². The van der Waals surface area contributed by atoms with Gasteiger partial charge in [0.2, 0.25) is 5.88 Å². The average Bonchev–Trinajstić information content (AvgIpc) is 2.63. The second-order valence-electron chi connectivity index (χ2n) is 5.20. The number of ether oxygens (including phenoxy) is 2. The summed E-state index contributed by atoms with van der Waals surface area (Å²) in [6.07, 6.45) is -3.82. The predicted octanol–water partition coefficient (Wildman–Crippen LogP) is 4.56. The SMILES string of the molecule is COc1cc2c(Oc3ccc(Cl)cc3F)ncnc2cc1O.O=C(O)C(F)(F)F. The summed E-state index contributed by atoms with van der Waals surface area (Å²) in [5.74, 6) is -3.06. The van der Waals surface area contributed by atoms with E-state index in [4.69, 9.17) is 31.0 Å². The van der Waals surface area contributed by atoms with Gasteiger partial charge in [-0.15, -0.1) is 0 Å². The number of fused-ring (bicyclic) bond motifs is 1. The molecule has 0 amide bonds. The van der Waals surface area contributed by atoms with Gasteiger partial charge in [0.25, 0.3) is 0 Å². The van der Waals surface area contributed by atoms with Crippen LogP contribution in [0.5, 0.6) is 23.1 Å². The number of benzene rings is 2. The van der Waals surface area contributed by atoms with Gasteiger partial charge in [0.1, 0.15) is 6.33 Å². The minimum absolute atomic E-state index is 0.0172. The molecule has 0 atom stereocenters. The number of alkyl halides is 3. The maximum Gasteiger partial charge on any atom is 0.490 e. The lowest BCUT2D eigenvalue weighted by Crippen LogP contribution is -2.21. The highest BCUT2D eigenvalue weighted by molar-refractivity contribution is 6.30. The fourth-order valence-corrected chi connectivity index (χ4v) is 2.11. The van der Waals surface area contributed by atoms with Crippen molar-refractivity contribution in [2.75, 3.05) is 7.11 Å². The number of hydrogen-bond acceptors (Lipinski definition) is 6. The normalized spacial score (nSPS) is 10.8. The molecule has 3 rings (SSSR count). The Bertz CT molecular complexity index is 1050. The van der Waals surface area contributed by atoms with Gasteiger partial charge in [-0.2, -0.15) is 13.2 Å². The highest BCUT2D eigenvalue weighted by Crippen LogP contribution is 2.35. The Morgan fingerprint density at radius 1 is 1.14 bits per heavy atom. The molecule has 0 aliphatic heterocycles. The first-order valence-electron chi connectivity index (χ1n) is 7.47. The van der Waals surface area contributed by atoms with Crippen molar-refractivity contribution < 1.29 is 42.0 Å². The summed E-state index contributed by atoms with van der Waals surface area (Å²) < 4.78 is 56.1. The van der Waals surface area contributed by atoms with Crippen LogP contribution in [0, 0.1) is 5.82 Å². The fraction of sp³-hybridized carbons (Fsp3) is 0.118. The number of aromatic nitrogens is 2. The van der Waals surface area contributed by atoms with Gasteiger partial charge in [-0.1, -0.05) is 11.6 Å². The van der Waals surface area contributed by atoms with Crippen molar-refractivity contribution in [1.82, 2.24) is 9.97 Å². The minimum Gasteiger partial charge on any atom is -0.504 e. The molecule has 0 saturated carbocycles. The van der Waals surface area contributed by atoms with E-state index in [1.54, 1.807) is 0 Å². The molecule has 0 aliphatic carbocycles. The predicted molar refractivity (Wildman–Crippen MR) is 92.9 cm³/mol. The van der Waals surface area contributed by atoms with Crippen LogP contribution in [0.2, 0.25) is 5.02 Å². The van der Waals surface area contributed by atoms with Crippen LogP contribution < -0.4 is 9.47 Å². The van der Waals surface area contributed by atoms with Gasteiger partial charge >= 0.3 is 12.1 Å². The number of carbonyl (C=O) groups is 1. The molecule has 12 heteroatoms. The summed E-state index contributed by atoms with van der Waals surface area (Å²) in [4.78, 5) is 16.9. The van der Waals surface area contributed by atoms with Crippen molar-refractivity contribution >= 4 is 28.5 Å². The topological polar surface area (TPSA) is 102 Å². The van der Waals surface area contributed by atoms with Gasteiger partial charge in [-0.05, 0) is 24.3 Å². The number of carboxylic acids is 1. The summed E-state index contributed by atoms with van der Waals surface area (Å²) in [6.45, 7) is 0. The summed E-state index contributed by atoms with van der Waals surface area (Å²) in [6, 6.07) is 7.00. The molecule has 0 unspecified atom stereocenters. The first kappa shape index (κ1) is 22.0. The van der Waals surface area contributed by atoms with E-state index in [0.29, 0.717) is 10.9 Å². The van der Waals surface area contributed by atoms with E-state index in [-0.39, 0.29) is 28.2 Å². The molecule has 2 aromatic carbocycles. The molecular formula is C17H11ClF4N2O5. The zero-order chi connectivity index (χ0) is 21.8. The average molecular weight is 435 g/mol. The van der Waals surface area contributed by atoms with E-state index in [1.165, 1.54) is 37.7 Å². The van der Waals surface area contributed by atoms with E-state index in [9.17, 15) is 22.7 Å². The largest absolute Gasteiger partial charge is 0.504 e. The fourth-order valence-electron chi connectivity index (χ4n) is 1.96. The first-order valence-corrected chi connectivity index (χ1v) is 7.85. The molecule has 3 aromatic rings. The van der Waals surface area contributed by atoms with E-state index in [0.717, 1.165) is 6.07 Å². The number of aromatic hydroxyl groups is 1. The summed E-state index contributed by atoms with van der Waals surface area (Å²) in [5.41, 5.74) is 0.442.